The van der Waals surface area contributed by atoms with Crippen molar-refractivity contribution in [2.45, 2.75) is 0 Å². The summed E-state index contributed by atoms with van der Waals surface area (Å²) in [7, 11) is 0. The summed E-state index contributed by atoms with van der Waals surface area (Å²) in [5.74, 6) is 0. The molecule has 0 unspecified atom stereocenters. The lowest BCUT2D eigenvalue weighted by Crippen LogP contribution is -2.10. The summed E-state index contributed by atoms with van der Waals surface area (Å²) >= 11 is 0. The third-order valence-electron chi connectivity index (χ3n) is 13.1. The molecule has 0 amide bonds. The number of aromatic nitrogens is 1. The maximum Gasteiger partial charge on any atom is 0.143 e. The third kappa shape index (κ3) is 6.05. The Morgan fingerprint density at radius 1 is 0.308 bits per heavy atom. The van der Waals surface area contributed by atoms with Crippen molar-refractivity contribution in [2.75, 3.05) is 4.90 Å². The van der Waals surface area contributed by atoms with E-state index in [0.717, 1.165) is 72.5 Å². The van der Waals surface area contributed by atoms with Crippen molar-refractivity contribution >= 4 is 82.4 Å². The molecule has 0 aliphatic rings. The van der Waals surface area contributed by atoms with Crippen LogP contribution in [0.2, 0.25) is 0 Å². The molecule has 11 aromatic carbocycles. The Bertz CT molecular complexity index is 3930. The first-order chi connectivity index (χ1) is 32.2. The minimum atomic E-state index is 0.892. The van der Waals surface area contributed by atoms with Crippen molar-refractivity contribution in [3.8, 4) is 39.1 Å². The molecule has 0 N–H and O–H groups in total. The molecule has 0 aliphatic heterocycles. The van der Waals surface area contributed by atoms with Crippen LogP contribution in [0.25, 0.3) is 104 Å². The van der Waals surface area contributed by atoms with Crippen molar-refractivity contribution in [2.24, 2.45) is 0 Å². The van der Waals surface area contributed by atoms with Gasteiger partial charge in [-0.1, -0.05) is 176 Å². The Balaban J connectivity index is 1.01. The van der Waals surface area contributed by atoms with Crippen LogP contribution in [0.5, 0.6) is 0 Å². The van der Waals surface area contributed by atoms with Gasteiger partial charge in [-0.2, -0.15) is 0 Å². The van der Waals surface area contributed by atoms with Gasteiger partial charge in [0.2, 0.25) is 0 Å². The zero-order chi connectivity index (χ0) is 42.8. The van der Waals surface area contributed by atoms with Gasteiger partial charge in [0, 0.05) is 49.7 Å². The summed E-state index contributed by atoms with van der Waals surface area (Å²) in [6.07, 6.45) is 0. The van der Waals surface area contributed by atoms with Gasteiger partial charge >= 0.3 is 0 Å². The highest BCUT2D eigenvalue weighted by atomic mass is 16.3. The Morgan fingerprint density at radius 2 is 0.785 bits per heavy atom. The van der Waals surface area contributed by atoms with Crippen LogP contribution >= 0.6 is 0 Å². The van der Waals surface area contributed by atoms with Crippen LogP contribution in [0.3, 0.4) is 0 Å². The van der Waals surface area contributed by atoms with Crippen molar-refractivity contribution in [3.63, 3.8) is 0 Å². The summed E-state index contributed by atoms with van der Waals surface area (Å²) in [4.78, 5) is 2.40. The summed E-state index contributed by atoms with van der Waals surface area (Å²) < 4.78 is 9.00. The first-order valence-electron chi connectivity index (χ1n) is 22.2. The molecule has 2 heterocycles. The van der Waals surface area contributed by atoms with E-state index in [0.29, 0.717) is 0 Å². The number of nitrogens with zero attached hydrogens (tertiary/aromatic N) is 2. The molecular formula is C62H40N2O. The summed E-state index contributed by atoms with van der Waals surface area (Å²) in [5.41, 5.74) is 15.3. The van der Waals surface area contributed by atoms with Crippen molar-refractivity contribution in [1.29, 1.82) is 0 Å². The lowest BCUT2D eigenvalue weighted by Gasteiger charge is -2.27. The van der Waals surface area contributed by atoms with E-state index < -0.39 is 0 Å². The minimum absolute atomic E-state index is 0.892. The van der Waals surface area contributed by atoms with Gasteiger partial charge in [0.1, 0.15) is 11.2 Å². The molecule has 0 saturated carbocycles. The number of fused-ring (bicyclic) bond motifs is 9. The molecule has 3 heteroatoms. The molecule has 0 aliphatic carbocycles. The predicted octanol–water partition coefficient (Wildman–Crippen LogP) is 17.5. The van der Waals surface area contributed by atoms with E-state index in [2.05, 4.69) is 246 Å². The third-order valence-corrected chi connectivity index (χ3v) is 13.1. The topological polar surface area (TPSA) is 21.3 Å². The molecule has 0 fully saturated rings. The molecule has 2 aromatic heterocycles. The Labute approximate surface area is 376 Å². The van der Waals surface area contributed by atoms with Crippen LogP contribution in [-0.2, 0) is 0 Å². The minimum Gasteiger partial charge on any atom is -0.455 e. The van der Waals surface area contributed by atoms with Crippen LogP contribution in [-0.4, -0.2) is 4.57 Å². The molecule has 13 aromatic rings. The van der Waals surface area contributed by atoms with Crippen LogP contribution < -0.4 is 4.90 Å². The second kappa shape index (κ2) is 15.0. The Hall–Kier alpha value is -8.66. The summed E-state index contributed by atoms with van der Waals surface area (Å²) in [5, 5.41) is 9.71. The maximum absolute atomic E-state index is 6.58. The number of para-hydroxylation sites is 5. The van der Waals surface area contributed by atoms with E-state index >= 15 is 0 Å². The Kier molecular flexibility index (Phi) is 8.53. The maximum atomic E-state index is 6.58. The van der Waals surface area contributed by atoms with Crippen molar-refractivity contribution < 1.29 is 4.42 Å². The SMILES string of the molecule is c1cc(-c2ccccc2-n2c3ccccc3c3ccccc32)cc(N(c2cccc(-c3cc4ccccc4c4ccccc34)c2)c2cccc(-c3cccc4c3oc3ccccc34)c2)c1. The van der Waals surface area contributed by atoms with Crippen LogP contribution in [0.1, 0.15) is 0 Å². The van der Waals surface area contributed by atoms with Gasteiger partial charge in [-0.15, -0.1) is 0 Å². The molecule has 0 saturated heterocycles. The fourth-order valence-corrected chi connectivity index (χ4v) is 10.2. The number of rotatable bonds is 7. The second-order valence-electron chi connectivity index (χ2n) is 16.8. The smallest absolute Gasteiger partial charge is 0.143 e. The van der Waals surface area contributed by atoms with Crippen molar-refractivity contribution in [3.05, 3.63) is 243 Å². The molecule has 0 atom stereocenters. The van der Waals surface area contributed by atoms with Crippen molar-refractivity contribution in [1.82, 2.24) is 4.57 Å². The van der Waals surface area contributed by atoms with Gasteiger partial charge in [-0.25, -0.2) is 0 Å². The molecule has 0 bridgehead atoms. The van der Waals surface area contributed by atoms with Crippen LogP contribution in [0.15, 0.2) is 247 Å². The lowest BCUT2D eigenvalue weighted by atomic mass is 9.93. The zero-order valence-corrected chi connectivity index (χ0v) is 35.4. The monoisotopic (exact) mass is 828 g/mol. The number of hydrogen-bond donors (Lipinski definition) is 0. The van der Waals surface area contributed by atoms with E-state index in [1.54, 1.807) is 0 Å². The van der Waals surface area contributed by atoms with Gasteiger partial charge in [0.05, 0.1) is 16.7 Å². The molecular weight excluding hydrogens is 789 g/mol. The van der Waals surface area contributed by atoms with Crippen LogP contribution in [0, 0.1) is 0 Å². The first-order valence-corrected chi connectivity index (χ1v) is 22.2. The lowest BCUT2D eigenvalue weighted by molar-refractivity contribution is 0.670. The fourth-order valence-electron chi connectivity index (χ4n) is 10.2. The van der Waals surface area contributed by atoms with Crippen LogP contribution in [0.4, 0.5) is 17.1 Å². The first kappa shape index (κ1) is 36.9. The highest BCUT2D eigenvalue weighted by Gasteiger charge is 2.20. The number of furan rings is 1. The quantitative estimate of drug-likeness (QED) is 0.149. The van der Waals surface area contributed by atoms with Gasteiger partial charge in [-0.3, -0.25) is 0 Å². The van der Waals surface area contributed by atoms with Gasteiger partial charge < -0.3 is 13.9 Å². The van der Waals surface area contributed by atoms with E-state index in [9.17, 15) is 0 Å². The molecule has 0 spiro atoms. The average molecular weight is 829 g/mol. The van der Waals surface area contributed by atoms with E-state index in [1.807, 2.05) is 6.07 Å². The standard InChI is InChI=1S/C62H40N2O/c1-2-24-48-44(17-1)40-57(52-27-4-3-26-51(48)52)43-20-15-23-47(39-43)63(46-22-14-19-42(38-46)50-31-16-32-56-55-30-8-12-36-61(55)65-62(50)56)45-21-13-18-41(37-45)49-25-5-9-33-58(49)64-59-34-10-6-28-53(59)54-29-7-11-35-60(54)64/h1-40H. The van der Waals surface area contributed by atoms with Gasteiger partial charge in [-0.05, 0) is 111 Å². The van der Waals surface area contributed by atoms with E-state index in [-0.39, 0.29) is 0 Å². The predicted molar refractivity (Wildman–Crippen MR) is 274 cm³/mol. The second-order valence-corrected chi connectivity index (χ2v) is 16.8. The zero-order valence-electron chi connectivity index (χ0n) is 35.4. The molecule has 13 rings (SSSR count). The average Bonchev–Trinajstić information content (AvgIpc) is 3.93. The largest absolute Gasteiger partial charge is 0.455 e. The highest BCUT2D eigenvalue weighted by molar-refractivity contribution is 6.14. The number of anilines is 3. The molecule has 304 valence electrons. The van der Waals surface area contributed by atoms with E-state index in [1.165, 1.54) is 48.9 Å². The number of hydrogen-bond acceptors (Lipinski definition) is 2. The highest BCUT2D eigenvalue weighted by Crippen LogP contribution is 2.44. The summed E-state index contributed by atoms with van der Waals surface area (Å²) in [6, 6.07) is 87.8. The fraction of sp³-hybridized carbons (Fsp3) is 0. The van der Waals surface area contributed by atoms with Gasteiger partial charge in [0.25, 0.3) is 0 Å². The molecule has 0 radical (unpaired) electrons. The number of benzene rings is 11. The normalized spacial score (nSPS) is 11.7. The molecule has 65 heavy (non-hydrogen) atoms. The molecule has 3 nitrogen and oxygen atoms in total. The Morgan fingerprint density at radius 3 is 1.48 bits per heavy atom. The summed E-state index contributed by atoms with van der Waals surface area (Å²) in [6.45, 7) is 0. The van der Waals surface area contributed by atoms with Gasteiger partial charge in [0.15, 0.2) is 0 Å². The van der Waals surface area contributed by atoms with E-state index in [4.69, 9.17) is 4.42 Å².